The summed E-state index contributed by atoms with van der Waals surface area (Å²) in [6.07, 6.45) is 0.718. The van der Waals surface area contributed by atoms with Gasteiger partial charge in [0, 0.05) is 10.6 Å². The highest BCUT2D eigenvalue weighted by Crippen LogP contribution is 2.41. The van der Waals surface area contributed by atoms with Gasteiger partial charge < -0.3 is 9.88 Å². The Kier molecular flexibility index (Phi) is 3.87. The SMILES string of the molecule is Fc1ccccc1C1CC(c2ccc(Cl)cc2)Nc2nc3ccccc3n21. The van der Waals surface area contributed by atoms with E-state index in [2.05, 4.69) is 9.88 Å². The lowest BCUT2D eigenvalue weighted by Crippen LogP contribution is -2.27. The molecule has 0 fully saturated rings. The summed E-state index contributed by atoms with van der Waals surface area (Å²) in [5.41, 5.74) is 3.70. The third kappa shape index (κ3) is 2.77. The average Bonchev–Trinajstić information content (AvgIpc) is 3.07. The molecule has 2 unspecified atom stereocenters. The highest BCUT2D eigenvalue weighted by molar-refractivity contribution is 6.30. The van der Waals surface area contributed by atoms with E-state index in [9.17, 15) is 4.39 Å². The van der Waals surface area contributed by atoms with E-state index in [1.54, 1.807) is 6.07 Å². The summed E-state index contributed by atoms with van der Waals surface area (Å²) in [7, 11) is 0. The van der Waals surface area contributed by atoms with Crippen molar-refractivity contribution in [1.82, 2.24) is 9.55 Å². The van der Waals surface area contributed by atoms with Crippen molar-refractivity contribution in [2.24, 2.45) is 0 Å². The fourth-order valence-electron chi connectivity index (χ4n) is 3.93. The van der Waals surface area contributed by atoms with Crippen LogP contribution in [0.3, 0.4) is 0 Å². The summed E-state index contributed by atoms with van der Waals surface area (Å²) >= 11 is 6.04. The fraction of sp³-hybridized carbons (Fsp3) is 0.136. The van der Waals surface area contributed by atoms with Crippen LogP contribution in [0.15, 0.2) is 72.8 Å². The summed E-state index contributed by atoms with van der Waals surface area (Å²) in [5.74, 6) is 0.568. The van der Waals surface area contributed by atoms with Gasteiger partial charge in [-0.05, 0) is 42.3 Å². The number of aromatic nitrogens is 2. The van der Waals surface area contributed by atoms with Crippen LogP contribution < -0.4 is 5.32 Å². The van der Waals surface area contributed by atoms with Crippen LogP contribution in [0.4, 0.5) is 10.3 Å². The van der Waals surface area contributed by atoms with E-state index < -0.39 is 0 Å². The zero-order valence-corrected chi connectivity index (χ0v) is 15.2. The predicted octanol–water partition coefficient (Wildman–Crippen LogP) is 5.98. The highest BCUT2D eigenvalue weighted by Gasteiger charge is 2.32. The Morgan fingerprint density at radius 1 is 0.963 bits per heavy atom. The number of hydrogen-bond acceptors (Lipinski definition) is 2. The third-order valence-electron chi connectivity index (χ3n) is 5.21. The molecule has 134 valence electrons. The minimum absolute atomic E-state index is 0.0242. The normalized spacial score (nSPS) is 18.9. The Bertz CT molecular complexity index is 1120. The molecule has 5 rings (SSSR count). The molecule has 0 radical (unpaired) electrons. The summed E-state index contributed by atoms with van der Waals surface area (Å²) in [6, 6.07) is 22.6. The largest absolute Gasteiger partial charge is 0.349 e. The van der Waals surface area contributed by atoms with Crippen molar-refractivity contribution in [2.45, 2.75) is 18.5 Å². The molecule has 4 aromatic rings. The summed E-state index contributed by atoms with van der Waals surface area (Å²) in [4.78, 5) is 4.76. The van der Waals surface area contributed by atoms with Gasteiger partial charge in [0.05, 0.1) is 23.1 Å². The number of anilines is 1. The van der Waals surface area contributed by atoms with Crippen LogP contribution in [-0.4, -0.2) is 9.55 Å². The second kappa shape index (κ2) is 6.39. The molecule has 1 aliphatic heterocycles. The lowest BCUT2D eigenvalue weighted by Gasteiger charge is -2.33. The first-order valence-electron chi connectivity index (χ1n) is 8.94. The lowest BCUT2D eigenvalue weighted by atomic mass is 9.92. The molecule has 27 heavy (non-hydrogen) atoms. The number of rotatable bonds is 2. The maximum Gasteiger partial charge on any atom is 0.204 e. The number of nitrogens with zero attached hydrogens (tertiary/aromatic N) is 2. The lowest BCUT2D eigenvalue weighted by molar-refractivity contribution is 0.457. The Hall–Kier alpha value is -2.85. The quantitative estimate of drug-likeness (QED) is 0.466. The third-order valence-corrected chi connectivity index (χ3v) is 5.46. The minimum atomic E-state index is -0.192. The molecular formula is C22H17ClFN3. The molecule has 0 saturated heterocycles. The first-order valence-corrected chi connectivity index (χ1v) is 9.32. The molecule has 3 aromatic carbocycles. The number of para-hydroxylation sites is 2. The van der Waals surface area contributed by atoms with Crippen LogP contribution in [0.1, 0.15) is 29.6 Å². The Labute approximate surface area is 161 Å². The Balaban J connectivity index is 1.68. The molecule has 0 amide bonds. The predicted molar refractivity (Wildman–Crippen MR) is 107 cm³/mol. The fourth-order valence-corrected chi connectivity index (χ4v) is 4.06. The monoisotopic (exact) mass is 377 g/mol. The van der Waals surface area contributed by atoms with Gasteiger partial charge in [-0.3, -0.25) is 0 Å². The molecular weight excluding hydrogens is 361 g/mol. The molecule has 0 bridgehead atoms. The zero-order chi connectivity index (χ0) is 18.4. The van der Waals surface area contributed by atoms with Gasteiger partial charge in [-0.1, -0.05) is 54.1 Å². The van der Waals surface area contributed by atoms with Gasteiger partial charge in [0.2, 0.25) is 5.95 Å². The molecule has 1 aromatic heterocycles. The molecule has 2 heterocycles. The Morgan fingerprint density at radius 2 is 1.70 bits per heavy atom. The van der Waals surface area contributed by atoms with Crippen molar-refractivity contribution in [3.8, 4) is 0 Å². The van der Waals surface area contributed by atoms with Gasteiger partial charge in [0.1, 0.15) is 5.82 Å². The molecule has 0 aliphatic carbocycles. The number of hydrogen-bond donors (Lipinski definition) is 1. The standard InChI is InChI=1S/C22H17ClFN3/c23-15-11-9-14(10-12-15)19-13-21(16-5-1-2-6-17(16)24)27-20-8-4-3-7-18(20)25-22(27)26-19/h1-12,19,21H,13H2,(H,25,26). The number of fused-ring (bicyclic) bond motifs is 3. The van der Waals surface area contributed by atoms with Crippen molar-refractivity contribution in [1.29, 1.82) is 0 Å². The van der Waals surface area contributed by atoms with Gasteiger partial charge in [0.25, 0.3) is 0 Å². The van der Waals surface area contributed by atoms with Gasteiger partial charge in [-0.2, -0.15) is 0 Å². The molecule has 1 N–H and O–H groups in total. The van der Waals surface area contributed by atoms with Crippen LogP contribution in [0.5, 0.6) is 0 Å². The van der Waals surface area contributed by atoms with E-state index in [0.717, 1.165) is 29.0 Å². The smallest absolute Gasteiger partial charge is 0.204 e. The maximum atomic E-state index is 14.7. The molecule has 0 saturated carbocycles. The summed E-state index contributed by atoms with van der Waals surface area (Å²) < 4.78 is 16.8. The van der Waals surface area contributed by atoms with Crippen molar-refractivity contribution in [2.75, 3.05) is 5.32 Å². The summed E-state index contributed by atoms with van der Waals surface area (Å²) in [5, 5.41) is 4.23. The second-order valence-electron chi connectivity index (χ2n) is 6.82. The average molecular weight is 378 g/mol. The van der Waals surface area contributed by atoms with Crippen molar-refractivity contribution >= 4 is 28.6 Å². The van der Waals surface area contributed by atoms with Gasteiger partial charge in [0.15, 0.2) is 0 Å². The maximum absolute atomic E-state index is 14.7. The molecule has 1 aliphatic rings. The van der Waals surface area contributed by atoms with Crippen molar-refractivity contribution in [3.63, 3.8) is 0 Å². The number of benzene rings is 3. The zero-order valence-electron chi connectivity index (χ0n) is 14.4. The van der Waals surface area contributed by atoms with Crippen LogP contribution >= 0.6 is 11.6 Å². The number of imidazole rings is 1. The summed E-state index contributed by atoms with van der Waals surface area (Å²) in [6.45, 7) is 0. The van der Waals surface area contributed by atoms with E-state index in [0.29, 0.717) is 10.6 Å². The van der Waals surface area contributed by atoms with Crippen LogP contribution in [-0.2, 0) is 0 Å². The van der Waals surface area contributed by atoms with E-state index in [1.807, 2.05) is 60.7 Å². The molecule has 2 atom stereocenters. The first kappa shape index (κ1) is 16.3. The first-order chi connectivity index (χ1) is 13.2. The second-order valence-corrected chi connectivity index (χ2v) is 7.25. The topological polar surface area (TPSA) is 29.9 Å². The van der Waals surface area contributed by atoms with Crippen LogP contribution in [0.2, 0.25) is 5.02 Å². The highest BCUT2D eigenvalue weighted by atomic mass is 35.5. The number of halogens is 2. The van der Waals surface area contributed by atoms with Crippen molar-refractivity contribution < 1.29 is 4.39 Å². The van der Waals surface area contributed by atoms with Crippen LogP contribution in [0, 0.1) is 5.82 Å². The molecule has 3 nitrogen and oxygen atoms in total. The van der Waals surface area contributed by atoms with Gasteiger partial charge >= 0.3 is 0 Å². The Morgan fingerprint density at radius 3 is 2.52 bits per heavy atom. The van der Waals surface area contributed by atoms with Crippen molar-refractivity contribution in [3.05, 3.63) is 94.8 Å². The van der Waals surface area contributed by atoms with E-state index in [-0.39, 0.29) is 17.9 Å². The molecule has 0 spiro atoms. The minimum Gasteiger partial charge on any atom is -0.349 e. The van der Waals surface area contributed by atoms with Crippen LogP contribution in [0.25, 0.3) is 11.0 Å². The van der Waals surface area contributed by atoms with E-state index in [4.69, 9.17) is 16.6 Å². The van der Waals surface area contributed by atoms with E-state index >= 15 is 0 Å². The van der Waals surface area contributed by atoms with Gasteiger partial charge in [-0.25, -0.2) is 9.37 Å². The van der Waals surface area contributed by atoms with E-state index in [1.165, 1.54) is 6.07 Å². The molecule has 5 heteroatoms. The number of nitrogens with one attached hydrogen (secondary N) is 1. The van der Waals surface area contributed by atoms with Gasteiger partial charge in [-0.15, -0.1) is 0 Å².